The van der Waals surface area contributed by atoms with Gasteiger partial charge in [-0.15, -0.1) is 0 Å². The van der Waals surface area contributed by atoms with Gasteiger partial charge in [-0.1, -0.05) is 17.3 Å². The van der Waals surface area contributed by atoms with Crippen LogP contribution in [0.2, 0.25) is 0 Å². The number of nitrogen functional groups attached to an aromatic ring is 1. The standard InChI is InChI=1S/C14H9F2N3O/c15-8-5-6-10(12(17)7-8)14-18-13(19-20-14)9-3-1-2-4-11(9)16/h1-7H,17H2. The lowest BCUT2D eigenvalue weighted by molar-refractivity contribution is 0.432. The third-order valence-corrected chi connectivity index (χ3v) is 2.78. The highest BCUT2D eigenvalue weighted by atomic mass is 19.1. The Bertz CT molecular complexity index is 771. The maximum atomic E-state index is 13.6. The van der Waals surface area contributed by atoms with E-state index >= 15 is 0 Å². The first-order chi connectivity index (χ1) is 9.65. The second-order valence-corrected chi connectivity index (χ2v) is 4.13. The van der Waals surface area contributed by atoms with E-state index in [4.69, 9.17) is 10.3 Å². The molecule has 2 N–H and O–H groups in total. The van der Waals surface area contributed by atoms with Gasteiger partial charge in [0.2, 0.25) is 5.82 Å². The van der Waals surface area contributed by atoms with Gasteiger partial charge in [0, 0.05) is 5.69 Å². The lowest BCUT2D eigenvalue weighted by Crippen LogP contribution is -1.91. The van der Waals surface area contributed by atoms with E-state index in [1.54, 1.807) is 12.1 Å². The summed E-state index contributed by atoms with van der Waals surface area (Å²) in [5.74, 6) is -0.686. The van der Waals surface area contributed by atoms with Gasteiger partial charge in [-0.3, -0.25) is 0 Å². The zero-order valence-electron chi connectivity index (χ0n) is 10.2. The summed E-state index contributed by atoms with van der Waals surface area (Å²) in [6, 6.07) is 9.90. The van der Waals surface area contributed by atoms with Gasteiger partial charge in [0.25, 0.3) is 5.89 Å². The second-order valence-electron chi connectivity index (χ2n) is 4.13. The predicted octanol–water partition coefficient (Wildman–Crippen LogP) is 3.26. The number of nitrogens with two attached hydrogens (primary N) is 1. The predicted molar refractivity (Wildman–Crippen MR) is 69.5 cm³/mol. The van der Waals surface area contributed by atoms with Crippen LogP contribution in [0.4, 0.5) is 14.5 Å². The third kappa shape index (κ3) is 2.11. The van der Waals surface area contributed by atoms with E-state index in [0.29, 0.717) is 5.56 Å². The largest absolute Gasteiger partial charge is 0.398 e. The van der Waals surface area contributed by atoms with E-state index in [9.17, 15) is 8.78 Å². The molecule has 0 aliphatic rings. The summed E-state index contributed by atoms with van der Waals surface area (Å²) in [5, 5.41) is 3.71. The number of anilines is 1. The Kier molecular flexibility index (Phi) is 2.90. The van der Waals surface area contributed by atoms with Gasteiger partial charge in [0.15, 0.2) is 0 Å². The summed E-state index contributed by atoms with van der Waals surface area (Å²) in [6.07, 6.45) is 0. The van der Waals surface area contributed by atoms with Gasteiger partial charge in [-0.25, -0.2) is 8.78 Å². The summed E-state index contributed by atoms with van der Waals surface area (Å²) in [6.45, 7) is 0. The summed E-state index contributed by atoms with van der Waals surface area (Å²) in [5.41, 5.74) is 6.49. The molecule has 0 unspecified atom stereocenters. The average molecular weight is 273 g/mol. The monoisotopic (exact) mass is 273 g/mol. The van der Waals surface area contributed by atoms with Crippen LogP contribution in [0, 0.1) is 11.6 Å². The van der Waals surface area contributed by atoms with Crippen molar-refractivity contribution in [2.45, 2.75) is 0 Å². The molecule has 0 atom stereocenters. The maximum absolute atomic E-state index is 13.6. The Morgan fingerprint density at radius 2 is 1.80 bits per heavy atom. The van der Waals surface area contributed by atoms with Gasteiger partial charge in [0.05, 0.1) is 11.1 Å². The van der Waals surface area contributed by atoms with Gasteiger partial charge in [0.1, 0.15) is 11.6 Å². The van der Waals surface area contributed by atoms with Crippen molar-refractivity contribution >= 4 is 5.69 Å². The SMILES string of the molecule is Nc1cc(F)ccc1-c1nc(-c2ccccc2F)no1. The molecule has 100 valence electrons. The van der Waals surface area contributed by atoms with Crippen molar-refractivity contribution in [1.29, 1.82) is 0 Å². The Hall–Kier alpha value is -2.76. The molecule has 0 aliphatic carbocycles. The minimum atomic E-state index is -0.458. The number of halogens is 2. The molecule has 0 radical (unpaired) electrons. The van der Waals surface area contributed by atoms with Crippen LogP contribution in [0.25, 0.3) is 22.8 Å². The summed E-state index contributed by atoms with van der Waals surface area (Å²) >= 11 is 0. The fraction of sp³-hybridized carbons (Fsp3) is 0. The molecule has 0 saturated heterocycles. The van der Waals surface area contributed by atoms with Crippen molar-refractivity contribution in [2.24, 2.45) is 0 Å². The lowest BCUT2D eigenvalue weighted by atomic mass is 10.1. The first-order valence-electron chi connectivity index (χ1n) is 5.79. The van der Waals surface area contributed by atoms with Gasteiger partial charge < -0.3 is 10.3 Å². The molecule has 0 bridgehead atoms. The van der Waals surface area contributed by atoms with Crippen LogP contribution >= 0.6 is 0 Å². The third-order valence-electron chi connectivity index (χ3n) is 2.78. The van der Waals surface area contributed by atoms with Crippen molar-refractivity contribution in [3.05, 3.63) is 54.1 Å². The molecule has 0 fully saturated rings. The Labute approximate surface area is 112 Å². The fourth-order valence-corrected chi connectivity index (χ4v) is 1.81. The molecule has 0 aliphatic heterocycles. The zero-order chi connectivity index (χ0) is 14.1. The highest BCUT2D eigenvalue weighted by Gasteiger charge is 2.15. The molecule has 3 aromatic rings. The Morgan fingerprint density at radius 3 is 2.55 bits per heavy atom. The number of nitrogens with zero attached hydrogens (tertiary/aromatic N) is 2. The van der Waals surface area contributed by atoms with Crippen LogP contribution in [-0.4, -0.2) is 10.1 Å². The first-order valence-corrected chi connectivity index (χ1v) is 5.79. The number of aromatic nitrogens is 2. The molecule has 1 heterocycles. The van der Waals surface area contributed by atoms with E-state index in [1.807, 2.05) is 0 Å². The minimum Gasteiger partial charge on any atom is -0.398 e. The molecule has 1 aromatic heterocycles. The number of hydrogen-bond donors (Lipinski definition) is 1. The summed E-state index contributed by atoms with van der Waals surface area (Å²) in [7, 11) is 0. The molecule has 6 heteroatoms. The highest BCUT2D eigenvalue weighted by molar-refractivity contribution is 5.71. The molecular weight excluding hydrogens is 264 g/mol. The van der Waals surface area contributed by atoms with Crippen molar-refractivity contribution in [3.8, 4) is 22.8 Å². The van der Waals surface area contributed by atoms with Crippen LogP contribution in [-0.2, 0) is 0 Å². The number of benzene rings is 2. The molecular formula is C14H9F2N3O. The van der Waals surface area contributed by atoms with E-state index in [-0.39, 0.29) is 23.0 Å². The van der Waals surface area contributed by atoms with Crippen LogP contribution in [0.1, 0.15) is 0 Å². The van der Waals surface area contributed by atoms with Gasteiger partial charge >= 0.3 is 0 Å². The number of hydrogen-bond acceptors (Lipinski definition) is 4. The second kappa shape index (κ2) is 4.73. The van der Waals surface area contributed by atoms with Gasteiger partial charge in [-0.2, -0.15) is 4.98 Å². The van der Waals surface area contributed by atoms with E-state index in [0.717, 1.165) is 6.07 Å². The first kappa shape index (κ1) is 12.3. The fourth-order valence-electron chi connectivity index (χ4n) is 1.81. The Balaban J connectivity index is 2.04. The van der Waals surface area contributed by atoms with Crippen LogP contribution in [0.5, 0.6) is 0 Å². The van der Waals surface area contributed by atoms with Crippen molar-refractivity contribution < 1.29 is 13.3 Å². The number of rotatable bonds is 2. The summed E-state index contributed by atoms with van der Waals surface area (Å²) < 4.78 is 31.7. The molecule has 2 aromatic carbocycles. The summed E-state index contributed by atoms with van der Waals surface area (Å²) in [4.78, 5) is 4.08. The van der Waals surface area contributed by atoms with E-state index in [1.165, 1.54) is 24.3 Å². The lowest BCUT2D eigenvalue weighted by Gasteiger charge is -1.99. The van der Waals surface area contributed by atoms with E-state index < -0.39 is 11.6 Å². The zero-order valence-corrected chi connectivity index (χ0v) is 10.2. The normalized spacial score (nSPS) is 10.7. The molecule has 20 heavy (non-hydrogen) atoms. The maximum Gasteiger partial charge on any atom is 0.260 e. The van der Waals surface area contributed by atoms with Crippen LogP contribution in [0.3, 0.4) is 0 Å². The molecule has 0 amide bonds. The Morgan fingerprint density at radius 1 is 1.00 bits per heavy atom. The molecule has 0 saturated carbocycles. The van der Waals surface area contributed by atoms with Gasteiger partial charge in [-0.05, 0) is 30.3 Å². The van der Waals surface area contributed by atoms with Crippen molar-refractivity contribution in [1.82, 2.24) is 10.1 Å². The quantitative estimate of drug-likeness (QED) is 0.728. The van der Waals surface area contributed by atoms with Crippen molar-refractivity contribution in [2.75, 3.05) is 5.73 Å². The van der Waals surface area contributed by atoms with Crippen LogP contribution < -0.4 is 5.73 Å². The van der Waals surface area contributed by atoms with E-state index in [2.05, 4.69) is 10.1 Å². The van der Waals surface area contributed by atoms with Crippen LogP contribution in [0.15, 0.2) is 47.0 Å². The minimum absolute atomic E-state index is 0.112. The molecule has 4 nitrogen and oxygen atoms in total. The highest BCUT2D eigenvalue weighted by Crippen LogP contribution is 2.27. The molecule has 0 spiro atoms. The average Bonchev–Trinajstić information content (AvgIpc) is 2.88. The topological polar surface area (TPSA) is 64.9 Å². The smallest absolute Gasteiger partial charge is 0.260 e. The van der Waals surface area contributed by atoms with Crippen molar-refractivity contribution in [3.63, 3.8) is 0 Å². The molecule has 3 rings (SSSR count).